The summed E-state index contributed by atoms with van der Waals surface area (Å²) in [5.41, 5.74) is 1.62. The van der Waals surface area contributed by atoms with E-state index in [1.165, 1.54) is 0 Å². The maximum absolute atomic E-state index is 10.2. The van der Waals surface area contributed by atoms with Gasteiger partial charge in [0.05, 0.1) is 23.8 Å². The molecular weight excluding hydrogens is 254 g/mol. The summed E-state index contributed by atoms with van der Waals surface area (Å²) in [6.45, 7) is 5.72. The molecule has 0 radical (unpaired) electrons. The summed E-state index contributed by atoms with van der Waals surface area (Å²) in [5, 5.41) is 28.8. The van der Waals surface area contributed by atoms with E-state index in [1.807, 2.05) is 6.92 Å². The number of nitrogens with zero attached hydrogens (tertiary/aromatic N) is 3. The van der Waals surface area contributed by atoms with Crippen LogP contribution in [0.2, 0.25) is 0 Å². The Balaban J connectivity index is 2.22. The molecule has 0 saturated carbocycles. The van der Waals surface area contributed by atoms with Crippen molar-refractivity contribution in [2.75, 3.05) is 13.1 Å². The number of hydrogen-bond acceptors (Lipinski definition) is 5. The molecule has 0 aromatic carbocycles. The fourth-order valence-electron chi connectivity index (χ4n) is 2.79. The number of aromatic hydroxyl groups is 1. The second-order valence-electron chi connectivity index (χ2n) is 5.84. The molecule has 2 heterocycles. The van der Waals surface area contributed by atoms with Crippen molar-refractivity contribution in [3.8, 4) is 11.8 Å². The quantitative estimate of drug-likeness (QED) is 0.878. The molecule has 20 heavy (non-hydrogen) atoms. The highest BCUT2D eigenvalue weighted by Crippen LogP contribution is 2.32. The van der Waals surface area contributed by atoms with E-state index in [0.29, 0.717) is 24.3 Å². The number of pyridine rings is 1. The summed E-state index contributed by atoms with van der Waals surface area (Å²) in [5.74, 6) is 0.154. The summed E-state index contributed by atoms with van der Waals surface area (Å²) < 4.78 is 0. The zero-order valence-electron chi connectivity index (χ0n) is 12.1. The van der Waals surface area contributed by atoms with Gasteiger partial charge in [-0.3, -0.25) is 9.88 Å². The molecule has 1 aliphatic heterocycles. The first-order valence-electron chi connectivity index (χ1n) is 6.90. The normalized spacial score (nSPS) is 23.5. The molecule has 5 heteroatoms. The number of piperidine rings is 1. The highest BCUT2D eigenvalue weighted by Gasteiger charge is 2.31. The van der Waals surface area contributed by atoms with Gasteiger partial charge in [-0.05, 0) is 33.2 Å². The Labute approximate surface area is 119 Å². The lowest BCUT2D eigenvalue weighted by atomic mass is 9.83. The molecule has 0 unspecified atom stereocenters. The third-order valence-electron chi connectivity index (χ3n) is 4.03. The smallest absolute Gasteiger partial charge is 0.141 e. The largest absolute Gasteiger partial charge is 0.506 e. The number of likely N-dealkylation sites (tertiary alicyclic amines) is 1. The van der Waals surface area contributed by atoms with Crippen molar-refractivity contribution in [2.45, 2.75) is 39.8 Å². The van der Waals surface area contributed by atoms with Crippen LogP contribution in [-0.4, -0.2) is 33.2 Å². The van der Waals surface area contributed by atoms with Gasteiger partial charge in [-0.15, -0.1) is 0 Å². The van der Waals surface area contributed by atoms with Crippen LogP contribution in [0.1, 0.15) is 36.6 Å². The highest BCUT2D eigenvalue weighted by atomic mass is 16.3. The van der Waals surface area contributed by atoms with E-state index >= 15 is 0 Å². The zero-order valence-corrected chi connectivity index (χ0v) is 12.1. The third kappa shape index (κ3) is 2.92. The van der Waals surface area contributed by atoms with Crippen LogP contribution in [0.4, 0.5) is 0 Å². The average Bonchev–Trinajstić information content (AvgIpc) is 2.44. The first kappa shape index (κ1) is 14.8. The van der Waals surface area contributed by atoms with E-state index < -0.39 is 0 Å². The molecule has 0 aliphatic carbocycles. The van der Waals surface area contributed by atoms with E-state index in [4.69, 9.17) is 0 Å². The molecule has 2 N–H and O–H groups in total. The predicted molar refractivity (Wildman–Crippen MR) is 74.8 cm³/mol. The topological polar surface area (TPSA) is 80.4 Å². The van der Waals surface area contributed by atoms with E-state index in [0.717, 1.165) is 24.9 Å². The van der Waals surface area contributed by atoms with Crippen LogP contribution in [0.25, 0.3) is 0 Å². The number of aromatic nitrogens is 1. The van der Waals surface area contributed by atoms with Crippen LogP contribution in [0.5, 0.6) is 5.75 Å². The Hall–Kier alpha value is -1.64. The molecule has 5 nitrogen and oxygen atoms in total. The fourth-order valence-corrected chi connectivity index (χ4v) is 2.79. The SMILES string of the molecule is Cc1ncc(CO)c(CN2CCC[C@@](C)(C#N)C2)c1O. The molecule has 1 aliphatic rings. The first-order valence-corrected chi connectivity index (χ1v) is 6.90. The number of nitriles is 1. The van der Waals surface area contributed by atoms with Crippen molar-refractivity contribution in [1.29, 1.82) is 5.26 Å². The van der Waals surface area contributed by atoms with Gasteiger partial charge in [0, 0.05) is 30.4 Å². The maximum atomic E-state index is 10.2. The van der Waals surface area contributed by atoms with Crippen molar-refractivity contribution in [3.63, 3.8) is 0 Å². The van der Waals surface area contributed by atoms with Crippen molar-refractivity contribution in [1.82, 2.24) is 9.88 Å². The van der Waals surface area contributed by atoms with Gasteiger partial charge < -0.3 is 10.2 Å². The average molecular weight is 275 g/mol. The first-order chi connectivity index (χ1) is 9.49. The van der Waals surface area contributed by atoms with Gasteiger partial charge in [-0.1, -0.05) is 0 Å². The summed E-state index contributed by atoms with van der Waals surface area (Å²) in [6.07, 6.45) is 3.50. The van der Waals surface area contributed by atoms with Crippen LogP contribution < -0.4 is 0 Å². The van der Waals surface area contributed by atoms with E-state index in [-0.39, 0.29) is 17.8 Å². The Bertz CT molecular complexity index is 539. The zero-order chi connectivity index (χ0) is 14.8. The molecule has 0 amide bonds. The maximum Gasteiger partial charge on any atom is 0.141 e. The van der Waals surface area contributed by atoms with Crippen molar-refractivity contribution >= 4 is 0 Å². The van der Waals surface area contributed by atoms with Crippen molar-refractivity contribution in [3.05, 3.63) is 23.0 Å². The molecule has 1 aromatic heterocycles. The third-order valence-corrected chi connectivity index (χ3v) is 4.03. The van der Waals surface area contributed by atoms with Gasteiger partial charge in [0.25, 0.3) is 0 Å². The lowest BCUT2D eigenvalue weighted by Crippen LogP contribution is -2.40. The van der Waals surface area contributed by atoms with E-state index in [9.17, 15) is 15.5 Å². The fraction of sp³-hybridized carbons (Fsp3) is 0.600. The number of rotatable bonds is 3. The molecule has 1 atom stereocenters. The van der Waals surface area contributed by atoms with Crippen LogP contribution in [0, 0.1) is 23.7 Å². The molecule has 2 rings (SSSR count). The standard InChI is InChI=1S/C15H21N3O2/c1-11-14(20)13(12(8-19)6-17-11)7-18-5-3-4-15(2,9-16)10-18/h6,19-20H,3-5,7-8,10H2,1-2H3/t15-/m0/s1. The molecule has 108 valence electrons. The molecule has 1 saturated heterocycles. The second kappa shape index (κ2) is 5.78. The Morgan fingerprint density at radius 1 is 1.55 bits per heavy atom. The minimum atomic E-state index is -0.324. The predicted octanol–water partition coefficient (Wildman–Crippen LogP) is 1.71. The number of aliphatic hydroxyl groups excluding tert-OH is 1. The second-order valence-corrected chi connectivity index (χ2v) is 5.84. The van der Waals surface area contributed by atoms with Crippen LogP contribution in [0.15, 0.2) is 6.20 Å². The molecule has 1 aromatic rings. The van der Waals surface area contributed by atoms with E-state index in [2.05, 4.69) is 16.0 Å². The highest BCUT2D eigenvalue weighted by molar-refractivity contribution is 5.40. The van der Waals surface area contributed by atoms with Crippen molar-refractivity contribution in [2.24, 2.45) is 5.41 Å². The van der Waals surface area contributed by atoms with Crippen LogP contribution in [0.3, 0.4) is 0 Å². The molecular formula is C15H21N3O2. The monoisotopic (exact) mass is 275 g/mol. The number of aliphatic hydroxyl groups is 1. The lowest BCUT2D eigenvalue weighted by molar-refractivity contribution is 0.134. The van der Waals surface area contributed by atoms with Crippen LogP contribution >= 0.6 is 0 Å². The lowest BCUT2D eigenvalue weighted by Gasteiger charge is -2.36. The summed E-state index contributed by atoms with van der Waals surface area (Å²) in [7, 11) is 0. The molecule has 1 fully saturated rings. The Morgan fingerprint density at radius 2 is 2.30 bits per heavy atom. The van der Waals surface area contributed by atoms with Gasteiger partial charge in [0.1, 0.15) is 5.75 Å². The van der Waals surface area contributed by atoms with E-state index in [1.54, 1.807) is 13.1 Å². The van der Waals surface area contributed by atoms with Gasteiger partial charge in [-0.2, -0.15) is 5.26 Å². The van der Waals surface area contributed by atoms with Crippen LogP contribution in [-0.2, 0) is 13.2 Å². The summed E-state index contributed by atoms with van der Waals surface area (Å²) in [4.78, 5) is 6.23. The number of aryl methyl sites for hydroxylation is 1. The molecule has 0 spiro atoms. The van der Waals surface area contributed by atoms with Gasteiger partial charge in [-0.25, -0.2) is 0 Å². The number of hydrogen-bond donors (Lipinski definition) is 2. The minimum Gasteiger partial charge on any atom is -0.506 e. The summed E-state index contributed by atoms with van der Waals surface area (Å²) in [6, 6.07) is 2.38. The molecule has 0 bridgehead atoms. The Kier molecular flexibility index (Phi) is 4.26. The van der Waals surface area contributed by atoms with Crippen molar-refractivity contribution < 1.29 is 10.2 Å². The van der Waals surface area contributed by atoms with Gasteiger partial charge in [0.2, 0.25) is 0 Å². The Morgan fingerprint density at radius 3 is 2.95 bits per heavy atom. The minimum absolute atomic E-state index is 0.139. The van der Waals surface area contributed by atoms with Gasteiger partial charge >= 0.3 is 0 Å². The summed E-state index contributed by atoms with van der Waals surface area (Å²) >= 11 is 0. The van der Waals surface area contributed by atoms with Gasteiger partial charge in [0.15, 0.2) is 0 Å².